The van der Waals surface area contributed by atoms with Gasteiger partial charge in [0, 0.05) is 34.4 Å². The molecule has 334 valence electrons. The number of carbonyl (C=O) groups is 2. The molecule has 0 amide bonds. The Bertz CT molecular complexity index is 2480. The van der Waals surface area contributed by atoms with Crippen molar-refractivity contribution in [3.8, 4) is 46.3 Å². The van der Waals surface area contributed by atoms with Crippen molar-refractivity contribution in [2.24, 2.45) is 0 Å². The molecule has 6 aromatic rings. The lowest BCUT2D eigenvalue weighted by Gasteiger charge is -2.10. The Morgan fingerprint density at radius 3 is 1.06 bits per heavy atom. The molecule has 0 bridgehead atoms. The van der Waals surface area contributed by atoms with Crippen LogP contribution >= 0.6 is 0 Å². The van der Waals surface area contributed by atoms with E-state index in [2.05, 4.69) is 160 Å². The molecular weight excluding hydrogens is 817 g/mol. The Hall–Kier alpha value is -7.54. The van der Waals surface area contributed by atoms with Crippen LogP contribution in [0.3, 0.4) is 0 Å². The normalized spacial score (nSPS) is 10.4. The van der Waals surface area contributed by atoms with Gasteiger partial charge < -0.3 is 18.9 Å². The second-order valence-electron chi connectivity index (χ2n) is 16.1. The molecule has 6 nitrogen and oxygen atoms in total. The second kappa shape index (κ2) is 25.7. The average molecular weight is 875 g/mol. The lowest BCUT2D eigenvalue weighted by atomic mass is 9.94. The van der Waals surface area contributed by atoms with E-state index in [1.165, 1.54) is 56.7 Å². The molecule has 6 aromatic carbocycles. The maximum absolute atomic E-state index is 11.1. The first-order valence-electron chi connectivity index (χ1n) is 22.7. The van der Waals surface area contributed by atoms with E-state index < -0.39 is 11.9 Å². The van der Waals surface area contributed by atoms with Crippen LogP contribution in [0.15, 0.2) is 159 Å². The van der Waals surface area contributed by atoms with Crippen molar-refractivity contribution in [3.05, 3.63) is 214 Å². The summed E-state index contributed by atoms with van der Waals surface area (Å²) in [7, 11) is 0. The van der Waals surface area contributed by atoms with Gasteiger partial charge in [0.2, 0.25) is 0 Å². The van der Waals surface area contributed by atoms with Crippen LogP contribution < -0.4 is 9.47 Å². The first kappa shape index (κ1) is 47.9. The van der Waals surface area contributed by atoms with Crippen LogP contribution in [0.2, 0.25) is 0 Å². The molecule has 0 spiro atoms. The number of ether oxygens (including phenoxy) is 4. The molecular formula is C60H58O6. The van der Waals surface area contributed by atoms with E-state index in [0.29, 0.717) is 26.4 Å². The molecule has 0 aliphatic carbocycles. The fraction of sp³-hybridized carbons (Fsp3) is 0.233. The quantitative estimate of drug-likeness (QED) is 0.0310. The van der Waals surface area contributed by atoms with E-state index in [0.717, 1.165) is 85.1 Å². The van der Waals surface area contributed by atoms with E-state index in [9.17, 15) is 9.59 Å². The van der Waals surface area contributed by atoms with E-state index in [4.69, 9.17) is 18.9 Å². The average Bonchev–Trinajstić information content (AvgIpc) is 3.35. The number of esters is 2. The molecule has 0 aliphatic rings. The van der Waals surface area contributed by atoms with E-state index >= 15 is 0 Å². The maximum atomic E-state index is 11.1. The Morgan fingerprint density at radius 1 is 0.424 bits per heavy atom. The molecule has 0 aromatic heterocycles. The van der Waals surface area contributed by atoms with Gasteiger partial charge in [-0.05, 0) is 183 Å². The van der Waals surface area contributed by atoms with Gasteiger partial charge in [0.25, 0.3) is 0 Å². The minimum absolute atomic E-state index is 0.379. The molecule has 0 aliphatic heterocycles. The highest BCUT2D eigenvalue weighted by Crippen LogP contribution is 2.28. The van der Waals surface area contributed by atoms with Crippen LogP contribution in [0.1, 0.15) is 81.3 Å². The summed E-state index contributed by atoms with van der Waals surface area (Å²) in [5.41, 5.74) is 13.8. The van der Waals surface area contributed by atoms with Crippen molar-refractivity contribution in [2.45, 2.75) is 65.2 Å². The fourth-order valence-corrected chi connectivity index (χ4v) is 7.22. The molecule has 0 atom stereocenters. The Labute approximate surface area is 391 Å². The Balaban J connectivity index is 0.923. The van der Waals surface area contributed by atoms with E-state index in [1.807, 2.05) is 24.3 Å². The minimum atomic E-state index is -0.391. The molecule has 0 saturated heterocycles. The molecule has 0 N–H and O–H groups in total. The summed E-state index contributed by atoms with van der Waals surface area (Å²) in [6.45, 7) is 13.0. The van der Waals surface area contributed by atoms with Gasteiger partial charge in [-0.3, -0.25) is 0 Å². The largest absolute Gasteiger partial charge is 0.494 e. The van der Waals surface area contributed by atoms with Gasteiger partial charge in [0.05, 0.1) is 26.4 Å². The van der Waals surface area contributed by atoms with Gasteiger partial charge in [-0.25, -0.2) is 9.59 Å². The summed E-state index contributed by atoms with van der Waals surface area (Å²) in [5, 5.41) is 0. The van der Waals surface area contributed by atoms with Crippen LogP contribution in [0.4, 0.5) is 0 Å². The minimum Gasteiger partial charge on any atom is -0.494 e. The molecule has 0 fully saturated rings. The van der Waals surface area contributed by atoms with Crippen LogP contribution in [0, 0.1) is 37.5 Å². The first-order valence-corrected chi connectivity index (χ1v) is 22.7. The summed E-state index contributed by atoms with van der Waals surface area (Å²) in [4.78, 5) is 22.2. The van der Waals surface area contributed by atoms with Crippen LogP contribution in [0.5, 0.6) is 11.5 Å². The zero-order valence-electron chi connectivity index (χ0n) is 38.2. The third-order valence-corrected chi connectivity index (χ3v) is 11.0. The van der Waals surface area contributed by atoms with Crippen LogP contribution in [-0.2, 0) is 44.7 Å². The number of rotatable bonds is 21. The standard InChI is InChI=1S/C60H58O6/c1-5-59(61)65-41-9-7-39-63-55-33-27-51(28-34-55)21-19-47-11-15-49(16-12-47)23-25-53-31-37-57(45(3)43-53)58-38-32-54(44-46(58)4)26-24-50-17-13-48(14-18-50)20-22-52-29-35-56(36-30-52)64-40-8-10-42-66-60(62)6-2/h5-6,11-18,27-38,43-44H,1-2,7-10,19-22,39-42H2,3-4H3. The lowest BCUT2D eigenvalue weighted by Crippen LogP contribution is -2.04. The number of benzene rings is 6. The molecule has 0 radical (unpaired) electrons. The van der Waals surface area contributed by atoms with Crippen LogP contribution in [0.25, 0.3) is 11.1 Å². The van der Waals surface area contributed by atoms with Gasteiger partial charge >= 0.3 is 11.9 Å². The van der Waals surface area contributed by atoms with Crippen molar-refractivity contribution < 1.29 is 28.5 Å². The predicted octanol–water partition coefficient (Wildman–Crippen LogP) is 12.1. The highest BCUT2D eigenvalue weighted by atomic mass is 16.5. The number of unbranched alkanes of at least 4 members (excludes halogenated alkanes) is 2. The Morgan fingerprint density at radius 2 is 0.727 bits per heavy atom. The predicted molar refractivity (Wildman–Crippen MR) is 266 cm³/mol. The number of hydrogen-bond acceptors (Lipinski definition) is 6. The third kappa shape index (κ3) is 15.9. The van der Waals surface area contributed by atoms with Gasteiger partial charge in [-0.1, -0.05) is 97.5 Å². The topological polar surface area (TPSA) is 71.1 Å². The van der Waals surface area contributed by atoms with E-state index in [-0.39, 0.29) is 0 Å². The SMILES string of the molecule is C=CC(=O)OCCCCOc1ccc(CCc2ccc(C#Cc3ccc(-c4ccc(C#Cc5ccc(CCc6ccc(OCCCCOC(=O)C=C)cc6)cc5)cc4C)c(C)c3)cc2)cc1. The molecule has 6 rings (SSSR count). The highest BCUT2D eigenvalue weighted by molar-refractivity contribution is 5.81. The molecule has 0 unspecified atom stereocenters. The zero-order chi connectivity index (χ0) is 46.4. The second-order valence-corrected chi connectivity index (χ2v) is 16.1. The molecule has 0 heterocycles. The first-order chi connectivity index (χ1) is 32.2. The number of hydrogen-bond donors (Lipinski definition) is 0. The van der Waals surface area contributed by atoms with Gasteiger partial charge in [-0.2, -0.15) is 0 Å². The summed E-state index contributed by atoms with van der Waals surface area (Å²) >= 11 is 0. The van der Waals surface area contributed by atoms with Crippen LogP contribution in [-0.4, -0.2) is 38.4 Å². The number of carbonyl (C=O) groups excluding carboxylic acids is 2. The smallest absolute Gasteiger partial charge is 0.330 e. The molecule has 0 saturated carbocycles. The summed E-state index contributed by atoms with van der Waals surface area (Å²) < 4.78 is 21.6. The van der Waals surface area contributed by atoms with Crippen molar-refractivity contribution in [1.29, 1.82) is 0 Å². The van der Waals surface area contributed by atoms with Gasteiger partial charge in [-0.15, -0.1) is 0 Å². The molecule has 6 heteroatoms. The van der Waals surface area contributed by atoms with E-state index in [1.54, 1.807) is 0 Å². The molecule has 66 heavy (non-hydrogen) atoms. The third-order valence-electron chi connectivity index (χ3n) is 11.0. The van der Waals surface area contributed by atoms with Gasteiger partial charge in [0.1, 0.15) is 11.5 Å². The van der Waals surface area contributed by atoms with Crippen molar-refractivity contribution in [3.63, 3.8) is 0 Å². The van der Waals surface area contributed by atoms with Crippen molar-refractivity contribution in [2.75, 3.05) is 26.4 Å². The summed E-state index contributed by atoms with van der Waals surface area (Å²) in [6, 6.07) is 46.4. The number of aryl methyl sites for hydroxylation is 6. The van der Waals surface area contributed by atoms with Crippen molar-refractivity contribution in [1.82, 2.24) is 0 Å². The maximum Gasteiger partial charge on any atom is 0.330 e. The fourth-order valence-electron chi connectivity index (χ4n) is 7.22. The summed E-state index contributed by atoms with van der Waals surface area (Å²) in [6.07, 6.45) is 9.25. The zero-order valence-corrected chi connectivity index (χ0v) is 38.2. The monoisotopic (exact) mass is 874 g/mol. The lowest BCUT2D eigenvalue weighted by molar-refractivity contribution is -0.138. The van der Waals surface area contributed by atoms with Gasteiger partial charge in [0.15, 0.2) is 0 Å². The van der Waals surface area contributed by atoms with Crippen molar-refractivity contribution >= 4 is 11.9 Å². The Kier molecular flexibility index (Phi) is 18.6. The summed E-state index contributed by atoms with van der Waals surface area (Å²) in [5.74, 6) is 14.3. The highest BCUT2D eigenvalue weighted by Gasteiger charge is 2.07.